The van der Waals surface area contributed by atoms with E-state index in [1.54, 1.807) is 0 Å². The summed E-state index contributed by atoms with van der Waals surface area (Å²) in [6.45, 7) is 5.58. The van der Waals surface area contributed by atoms with Gasteiger partial charge in [-0.05, 0) is 30.4 Å². The molecule has 0 bridgehead atoms. The highest BCUT2D eigenvalue weighted by Gasteiger charge is 2.10. The third-order valence-corrected chi connectivity index (χ3v) is 3.65. The minimum absolute atomic E-state index is 0.123. The summed E-state index contributed by atoms with van der Waals surface area (Å²) in [5.41, 5.74) is 6.93. The monoisotopic (exact) mass is 262 g/mol. The number of amides is 1. The summed E-state index contributed by atoms with van der Waals surface area (Å²) in [4.78, 5) is 11.7. The molecule has 1 amide bonds. The van der Waals surface area contributed by atoms with Gasteiger partial charge in [0.05, 0.1) is 0 Å². The van der Waals surface area contributed by atoms with Crippen LogP contribution in [0.1, 0.15) is 44.6 Å². The zero-order valence-electron chi connectivity index (χ0n) is 12.1. The van der Waals surface area contributed by atoms with Crippen molar-refractivity contribution >= 4 is 5.91 Å². The number of hydrogen-bond acceptors (Lipinski definition) is 2. The van der Waals surface area contributed by atoms with Crippen molar-refractivity contribution in [2.75, 3.05) is 13.1 Å². The summed E-state index contributed by atoms with van der Waals surface area (Å²) in [7, 11) is 0. The van der Waals surface area contributed by atoms with Crippen LogP contribution in [0.3, 0.4) is 0 Å². The molecular weight excluding hydrogens is 236 g/mol. The number of carbonyl (C=O) groups excluding carboxylic acids is 1. The van der Waals surface area contributed by atoms with Gasteiger partial charge in [-0.15, -0.1) is 0 Å². The molecule has 0 saturated carbocycles. The van der Waals surface area contributed by atoms with E-state index in [9.17, 15) is 4.79 Å². The van der Waals surface area contributed by atoms with Crippen molar-refractivity contribution in [1.29, 1.82) is 0 Å². The van der Waals surface area contributed by atoms with E-state index in [1.807, 2.05) is 6.07 Å². The third-order valence-electron chi connectivity index (χ3n) is 3.65. The van der Waals surface area contributed by atoms with E-state index >= 15 is 0 Å². The summed E-state index contributed by atoms with van der Waals surface area (Å²) >= 11 is 0. The molecule has 0 radical (unpaired) electrons. The number of carbonyl (C=O) groups is 1. The number of benzene rings is 1. The minimum atomic E-state index is 0.123. The van der Waals surface area contributed by atoms with Crippen molar-refractivity contribution in [3.8, 4) is 0 Å². The fraction of sp³-hybridized carbons (Fsp3) is 0.562. The SMILES string of the molecule is CCC(CN)CC(=O)NCCC(C)c1ccccc1. The molecule has 19 heavy (non-hydrogen) atoms. The van der Waals surface area contributed by atoms with E-state index in [4.69, 9.17) is 5.73 Å². The summed E-state index contributed by atoms with van der Waals surface area (Å²) < 4.78 is 0. The average Bonchev–Trinajstić information content (AvgIpc) is 2.45. The average molecular weight is 262 g/mol. The molecule has 0 saturated heterocycles. The maximum atomic E-state index is 11.7. The lowest BCUT2D eigenvalue weighted by Gasteiger charge is -2.14. The largest absolute Gasteiger partial charge is 0.356 e. The molecule has 0 heterocycles. The van der Waals surface area contributed by atoms with Crippen molar-refractivity contribution in [2.45, 2.75) is 39.0 Å². The molecule has 3 heteroatoms. The van der Waals surface area contributed by atoms with E-state index < -0.39 is 0 Å². The van der Waals surface area contributed by atoms with Crippen molar-refractivity contribution in [3.05, 3.63) is 35.9 Å². The summed E-state index contributed by atoms with van der Waals surface area (Å²) in [6.07, 6.45) is 2.48. The van der Waals surface area contributed by atoms with Crippen LogP contribution in [-0.4, -0.2) is 19.0 Å². The van der Waals surface area contributed by atoms with Gasteiger partial charge in [-0.25, -0.2) is 0 Å². The Bertz CT molecular complexity index is 360. The number of nitrogens with one attached hydrogen (secondary N) is 1. The molecule has 3 N–H and O–H groups in total. The van der Waals surface area contributed by atoms with Crippen molar-refractivity contribution in [1.82, 2.24) is 5.32 Å². The molecule has 0 aromatic heterocycles. The molecule has 0 fully saturated rings. The first-order valence-corrected chi connectivity index (χ1v) is 7.19. The second-order valence-corrected chi connectivity index (χ2v) is 5.16. The lowest BCUT2D eigenvalue weighted by atomic mass is 9.98. The second kappa shape index (κ2) is 8.70. The molecule has 0 aliphatic carbocycles. The van der Waals surface area contributed by atoms with E-state index in [1.165, 1.54) is 5.56 Å². The minimum Gasteiger partial charge on any atom is -0.356 e. The molecular formula is C16H26N2O. The van der Waals surface area contributed by atoms with Gasteiger partial charge < -0.3 is 11.1 Å². The zero-order chi connectivity index (χ0) is 14.1. The topological polar surface area (TPSA) is 55.1 Å². The second-order valence-electron chi connectivity index (χ2n) is 5.16. The van der Waals surface area contributed by atoms with Crippen LogP contribution in [0, 0.1) is 5.92 Å². The van der Waals surface area contributed by atoms with E-state index in [0.717, 1.165) is 19.4 Å². The summed E-state index contributed by atoms with van der Waals surface area (Å²) in [6, 6.07) is 10.4. The number of nitrogens with two attached hydrogens (primary N) is 1. The maximum absolute atomic E-state index is 11.7. The number of rotatable bonds is 8. The van der Waals surface area contributed by atoms with Crippen LogP contribution in [0.5, 0.6) is 0 Å². The van der Waals surface area contributed by atoms with Gasteiger partial charge in [-0.2, -0.15) is 0 Å². The molecule has 0 aliphatic rings. The Labute approximate surface area is 116 Å². The highest BCUT2D eigenvalue weighted by molar-refractivity contribution is 5.76. The van der Waals surface area contributed by atoms with E-state index in [2.05, 4.69) is 43.4 Å². The van der Waals surface area contributed by atoms with Crippen LogP contribution < -0.4 is 11.1 Å². The van der Waals surface area contributed by atoms with Crippen LogP contribution >= 0.6 is 0 Å². The Morgan fingerprint density at radius 2 is 2.00 bits per heavy atom. The molecule has 0 aliphatic heterocycles. The van der Waals surface area contributed by atoms with Gasteiger partial charge in [0.25, 0.3) is 0 Å². The fourth-order valence-corrected chi connectivity index (χ4v) is 2.11. The maximum Gasteiger partial charge on any atom is 0.220 e. The Morgan fingerprint density at radius 3 is 2.58 bits per heavy atom. The van der Waals surface area contributed by atoms with Crippen LogP contribution in [0.4, 0.5) is 0 Å². The molecule has 1 aromatic rings. The van der Waals surface area contributed by atoms with E-state index in [-0.39, 0.29) is 5.91 Å². The molecule has 1 rings (SSSR count). The van der Waals surface area contributed by atoms with Crippen LogP contribution in [0.25, 0.3) is 0 Å². The normalized spacial score (nSPS) is 13.8. The first-order valence-electron chi connectivity index (χ1n) is 7.19. The van der Waals surface area contributed by atoms with Crippen molar-refractivity contribution in [3.63, 3.8) is 0 Å². The van der Waals surface area contributed by atoms with Gasteiger partial charge in [0, 0.05) is 13.0 Å². The molecule has 1 aromatic carbocycles. The quantitative estimate of drug-likeness (QED) is 0.757. The highest BCUT2D eigenvalue weighted by atomic mass is 16.1. The summed E-state index contributed by atoms with van der Waals surface area (Å²) in [5.74, 6) is 0.905. The third kappa shape index (κ3) is 5.88. The van der Waals surface area contributed by atoms with Gasteiger partial charge in [-0.3, -0.25) is 4.79 Å². The predicted molar refractivity (Wildman–Crippen MR) is 79.9 cm³/mol. The Balaban J connectivity index is 2.25. The highest BCUT2D eigenvalue weighted by Crippen LogP contribution is 2.17. The summed E-state index contributed by atoms with van der Waals surface area (Å²) in [5, 5.41) is 2.99. The van der Waals surface area contributed by atoms with Crippen LogP contribution in [-0.2, 0) is 4.79 Å². The predicted octanol–water partition coefficient (Wildman–Crippen LogP) is 2.67. The Kier molecular flexibility index (Phi) is 7.19. The van der Waals surface area contributed by atoms with Crippen molar-refractivity contribution < 1.29 is 4.79 Å². The Morgan fingerprint density at radius 1 is 1.32 bits per heavy atom. The fourth-order valence-electron chi connectivity index (χ4n) is 2.11. The van der Waals surface area contributed by atoms with Crippen LogP contribution in [0.2, 0.25) is 0 Å². The molecule has 106 valence electrons. The molecule has 0 spiro atoms. The van der Waals surface area contributed by atoms with Gasteiger partial charge in [0.2, 0.25) is 5.91 Å². The first-order chi connectivity index (χ1) is 9.17. The van der Waals surface area contributed by atoms with E-state index in [0.29, 0.717) is 24.8 Å². The number of hydrogen-bond donors (Lipinski definition) is 2. The smallest absolute Gasteiger partial charge is 0.220 e. The van der Waals surface area contributed by atoms with Gasteiger partial charge in [0.1, 0.15) is 0 Å². The standard InChI is InChI=1S/C16H26N2O/c1-3-14(12-17)11-16(19)18-10-9-13(2)15-7-5-4-6-8-15/h4-8,13-14H,3,9-12,17H2,1-2H3,(H,18,19). The first kappa shape index (κ1) is 15.7. The van der Waals surface area contributed by atoms with Crippen molar-refractivity contribution in [2.24, 2.45) is 11.7 Å². The zero-order valence-corrected chi connectivity index (χ0v) is 12.1. The van der Waals surface area contributed by atoms with Crippen LogP contribution in [0.15, 0.2) is 30.3 Å². The molecule has 2 atom stereocenters. The Hall–Kier alpha value is -1.35. The van der Waals surface area contributed by atoms with Gasteiger partial charge in [-0.1, -0.05) is 50.6 Å². The molecule has 3 nitrogen and oxygen atoms in total. The molecule has 2 unspecified atom stereocenters. The van der Waals surface area contributed by atoms with Gasteiger partial charge >= 0.3 is 0 Å². The van der Waals surface area contributed by atoms with Gasteiger partial charge in [0.15, 0.2) is 0 Å². The lowest BCUT2D eigenvalue weighted by molar-refractivity contribution is -0.122. The lowest BCUT2D eigenvalue weighted by Crippen LogP contribution is -2.29.